The van der Waals surface area contributed by atoms with Gasteiger partial charge in [0.15, 0.2) is 17.5 Å². The molecule has 5 nitrogen and oxygen atoms in total. The maximum atomic E-state index is 8.71. The van der Waals surface area contributed by atoms with E-state index in [9.17, 15) is 0 Å². The van der Waals surface area contributed by atoms with E-state index in [-0.39, 0.29) is 23.0 Å². The Morgan fingerprint density at radius 3 is 1.78 bits per heavy atom. The smallest absolute Gasteiger partial charge is 0.164 e. The molecule has 0 N–H and O–H groups in total. The Kier molecular flexibility index (Phi) is 5.08. The van der Waals surface area contributed by atoms with Gasteiger partial charge in [0.2, 0.25) is 0 Å². The SMILES string of the molecule is [2H]c1c([2H])c([2H])c(-c2nc(-c3ccc4c(c3)oc3ccccc34)nc(-c3ccc4c(c3)oc3ccc(-c5cccc6c5sc5ccccc56)cc34)n2)c([2H])c1[2H]. The molecular formula is C45H25N3O2S. The van der Waals surface area contributed by atoms with E-state index in [1.165, 1.54) is 20.2 Å². The van der Waals surface area contributed by atoms with Gasteiger partial charge in [-0.3, -0.25) is 0 Å². The fraction of sp³-hybridized carbons (Fsp3) is 0. The minimum absolute atomic E-state index is 0.0449. The van der Waals surface area contributed by atoms with Crippen molar-refractivity contribution in [3.8, 4) is 45.3 Å². The molecule has 0 aliphatic carbocycles. The van der Waals surface area contributed by atoms with Gasteiger partial charge in [-0.05, 0) is 59.7 Å². The molecule has 11 rings (SSSR count). The maximum Gasteiger partial charge on any atom is 0.164 e. The van der Waals surface area contributed by atoms with Crippen LogP contribution in [0.3, 0.4) is 0 Å². The molecule has 0 unspecified atom stereocenters. The van der Waals surface area contributed by atoms with Crippen LogP contribution in [0, 0.1) is 0 Å². The summed E-state index contributed by atoms with van der Waals surface area (Å²) >= 11 is 1.80. The first-order valence-corrected chi connectivity index (χ1v) is 17.2. The average molecular weight is 677 g/mol. The third-order valence-electron chi connectivity index (χ3n) is 9.44. The van der Waals surface area contributed by atoms with Crippen molar-refractivity contribution in [1.82, 2.24) is 15.0 Å². The van der Waals surface area contributed by atoms with E-state index in [0.717, 1.165) is 43.8 Å². The second-order valence-electron chi connectivity index (χ2n) is 12.4. The lowest BCUT2D eigenvalue weighted by Gasteiger charge is -2.08. The summed E-state index contributed by atoms with van der Waals surface area (Å²) in [5, 5.41) is 6.30. The Morgan fingerprint density at radius 1 is 0.431 bits per heavy atom. The number of hydrogen-bond acceptors (Lipinski definition) is 6. The summed E-state index contributed by atoms with van der Waals surface area (Å²) in [5.74, 6) is 0.460. The molecule has 4 heterocycles. The number of furan rings is 2. The van der Waals surface area contributed by atoms with Gasteiger partial charge >= 0.3 is 0 Å². The number of nitrogens with zero attached hydrogens (tertiary/aromatic N) is 3. The Labute approximate surface area is 302 Å². The van der Waals surface area contributed by atoms with Crippen LogP contribution in [0.5, 0.6) is 0 Å². The molecule has 11 aromatic rings. The van der Waals surface area contributed by atoms with Crippen molar-refractivity contribution < 1.29 is 15.7 Å². The van der Waals surface area contributed by atoms with Crippen LogP contribution in [0.4, 0.5) is 0 Å². The minimum atomic E-state index is -0.493. The fourth-order valence-corrected chi connectivity index (χ4v) is 8.27. The summed E-state index contributed by atoms with van der Waals surface area (Å²) in [6.45, 7) is 0. The first-order chi connectivity index (χ1) is 27.3. The number of hydrogen-bond donors (Lipinski definition) is 0. The van der Waals surface area contributed by atoms with Crippen LogP contribution in [-0.2, 0) is 0 Å². The van der Waals surface area contributed by atoms with Crippen molar-refractivity contribution in [3.05, 3.63) is 152 Å². The van der Waals surface area contributed by atoms with Crippen LogP contribution < -0.4 is 0 Å². The van der Waals surface area contributed by atoms with Gasteiger partial charge in [0.1, 0.15) is 22.3 Å². The Hall–Kier alpha value is -6.63. The second kappa shape index (κ2) is 10.9. The number of para-hydroxylation sites is 1. The van der Waals surface area contributed by atoms with Crippen molar-refractivity contribution in [2.75, 3.05) is 0 Å². The molecule has 4 aromatic heterocycles. The average Bonchev–Trinajstić information content (AvgIpc) is 3.92. The van der Waals surface area contributed by atoms with Crippen LogP contribution >= 0.6 is 11.3 Å². The zero-order chi connectivity index (χ0) is 37.8. The molecule has 0 fully saturated rings. The van der Waals surface area contributed by atoms with Crippen LogP contribution in [0.15, 0.2) is 160 Å². The molecule has 0 atom stereocenters. The molecular weight excluding hydrogens is 647 g/mol. The third kappa shape index (κ3) is 4.50. The Morgan fingerprint density at radius 2 is 1.02 bits per heavy atom. The summed E-state index contributed by atoms with van der Waals surface area (Å²) in [6, 6.07) is 38.2. The van der Waals surface area contributed by atoms with Crippen LogP contribution in [0.25, 0.3) is 109 Å². The molecule has 0 aliphatic rings. The van der Waals surface area contributed by atoms with Crippen molar-refractivity contribution in [2.45, 2.75) is 0 Å². The molecule has 0 saturated carbocycles. The zero-order valence-electron chi connectivity index (χ0n) is 31.6. The van der Waals surface area contributed by atoms with Crippen LogP contribution in [0.2, 0.25) is 0 Å². The topological polar surface area (TPSA) is 65.0 Å². The molecule has 0 bridgehead atoms. The number of benzene rings is 7. The first kappa shape index (κ1) is 23.7. The van der Waals surface area contributed by atoms with Gasteiger partial charge in [-0.15, -0.1) is 11.3 Å². The van der Waals surface area contributed by atoms with E-state index >= 15 is 0 Å². The molecule has 0 spiro atoms. The van der Waals surface area contributed by atoms with E-state index in [2.05, 4.69) is 54.6 Å². The molecule has 0 aliphatic heterocycles. The van der Waals surface area contributed by atoms with E-state index in [1.54, 1.807) is 11.3 Å². The molecule has 0 amide bonds. The lowest BCUT2D eigenvalue weighted by Crippen LogP contribution is -2.00. The van der Waals surface area contributed by atoms with E-state index in [0.29, 0.717) is 22.3 Å². The standard InChI is InChI=1S/C45H25N3O2S/c1-2-9-26(10-3-1)43-46-44(28-17-20-32-31-11-4-6-15-37(31)49-39(32)24-28)48-45(47-43)29-18-21-33-36-23-27(19-22-38(36)50-40(33)25-29)30-13-8-14-35-34-12-5-7-16-41(34)51-42(30)35/h1-25H/i1D,2D,3D,9D,10D. The van der Waals surface area contributed by atoms with Gasteiger partial charge in [0, 0.05) is 58.4 Å². The predicted molar refractivity (Wildman–Crippen MR) is 209 cm³/mol. The van der Waals surface area contributed by atoms with Crippen molar-refractivity contribution in [2.24, 2.45) is 0 Å². The van der Waals surface area contributed by atoms with E-state index < -0.39 is 30.2 Å². The Balaban J connectivity index is 1.07. The maximum absolute atomic E-state index is 8.71. The summed E-state index contributed by atoms with van der Waals surface area (Å²) in [5.41, 5.74) is 6.11. The highest BCUT2D eigenvalue weighted by Crippen LogP contribution is 2.42. The molecule has 0 radical (unpaired) electrons. The number of fused-ring (bicyclic) bond motifs is 9. The summed E-state index contributed by atoms with van der Waals surface area (Å²) in [4.78, 5) is 14.3. The molecule has 6 heteroatoms. The van der Waals surface area contributed by atoms with E-state index in [1.807, 2.05) is 66.7 Å². The third-order valence-corrected chi connectivity index (χ3v) is 10.7. The molecule has 238 valence electrons. The monoisotopic (exact) mass is 676 g/mol. The van der Waals surface area contributed by atoms with Gasteiger partial charge in [-0.25, -0.2) is 15.0 Å². The highest BCUT2D eigenvalue weighted by atomic mass is 32.1. The number of aromatic nitrogens is 3. The quantitative estimate of drug-likeness (QED) is 0.186. The van der Waals surface area contributed by atoms with E-state index in [4.69, 9.17) is 30.6 Å². The molecule has 0 saturated heterocycles. The van der Waals surface area contributed by atoms with Crippen molar-refractivity contribution in [3.63, 3.8) is 0 Å². The van der Waals surface area contributed by atoms with Gasteiger partial charge in [-0.2, -0.15) is 0 Å². The fourth-order valence-electron chi connectivity index (χ4n) is 7.03. The number of thiophene rings is 1. The lowest BCUT2D eigenvalue weighted by molar-refractivity contribution is 0.668. The zero-order valence-corrected chi connectivity index (χ0v) is 27.4. The Bertz CT molecular complexity index is 3430. The van der Waals surface area contributed by atoms with Gasteiger partial charge < -0.3 is 8.83 Å². The van der Waals surface area contributed by atoms with Crippen LogP contribution in [-0.4, -0.2) is 15.0 Å². The predicted octanol–water partition coefficient (Wildman–Crippen LogP) is 12.7. The molecule has 7 aromatic carbocycles. The number of rotatable bonds is 4. The van der Waals surface area contributed by atoms with Gasteiger partial charge in [0.05, 0.1) is 6.85 Å². The summed E-state index contributed by atoms with van der Waals surface area (Å²) in [6.07, 6.45) is 0. The molecule has 51 heavy (non-hydrogen) atoms. The summed E-state index contributed by atoms with van der Waals surface area (Å²) in [7, 11) is 0. The second-order valence-corrected chi connectivity index (χ2v) is 13.5. The minimum Gasteiger partial charge on any atom is -0.456 e. The summed E-state index contributed by atoms with van der Waals surface area (Å²) < 4.78 is 57.3. The lowest BCUT2D eigenvalue weighted by atomic mass is 10.0. The van der Waals surface area contributed by atoms with Crippen molar-refractivity contribution in [1.29, 1.82) is 0 Å². The largest absolute Gasteiger partial charge is 0.456 e. The van der Waals surface area contributed by atoms with Crippen LogP contribution in [0.1, 0.15) is 6.85 Å². The highest BCUT2D eigenvalue weighted by molar-refractivity contribution is 7.26. The van der Waals surface area contributed by atoms with Crippen molar-refractivity contribution >= 4 is 75.4 Å². The van der Waals surface area contributed by atoms with Gasteiger partial charge in [0.25, 0.3) is 0 Å². The normalized spacial score (nSPS) is 13.3. The highest BCUT2D eigenvalue weighted by Gasteiger charge is 2.17. The first-order valence-electron chi connectivity index (χ1n) is 18.9. The van der Waals surface area contributed by atoms with Gasteiger partial charge in [-0.1, -0.05) is 103 Å².